The number of aliphatic hydroxyl groups is 1. The van der Waals surface area contributed by atoms with E-state index in [0.717, 1.165) is 99.8 Å². The minimum absolute atomic E-state index is 0.104. The number of amides is 1. The van der Waals surface area contributed by atoms with Gasteiger partial charge in [-0.05, 0) is 156 Å². The van der Waals surface area contributed by atoms with Gasteiger partial charge in [0.1, 0.15) is 35.3 Å². The number of pyridine rings is 2. The molecule has 0 radical (unpaired) electrons. The number of carbonyl (C=O) groups excluding carboxylic acids is 1. The first-order chi connectivity index (χ1) is 40.3. The lowest BCUT2D eigenvalue weighted by Gasteiger charge is -2.62. The smallest absolute Gasteiger partial charge is 0.293 e. The number of ether oxygens (including phenoxy) is 4. The van der Waals surface area contributed by atoms with Crippen LogP contribution in [-0.2, 0) is 21.3 Å². The number of sulfonamides is 1. The summed E-state index contributed by atoms with van der Waals surface area (Å²) in [6.07, 6.45) is 9.60. The topological polar surface area (TPSA) is 230 Å². The highest BCUT2D eigenvalue weighted by atomic mass is 32.2. The van der Waals surface area contributed by atoms with Gasteiger partial charge in [-0.2, -0.15) is 4.98 Å². The van der Waals surface area contributed by atoms with Crippen LogP contribution in [0, 0.1) is 34.3 Å². The van der Waals surface area contributed by atoms with Crippen molar-refractivity contribution in [3.63, 3.8) is 0 Å². The fourth-order valence-electron chi connectivity index (χ4n) is 14.6. The number of nitro groups is 1. The summed E-state index contributed by atoms with van der Waals surface area (Å²) in [5.74, 6) is 1.42. The third-order valence-electron chi connectivity index (χ3n) is 19.6. The first-order valence-electron chi connectivity index (χ1n) is 29.9. The molecule has 7 aliphatic rings. The Balaban J connectivity index is 0.755. The molecule has 3 saturated heterocycles. The molecule has 20 nitrogen and oxygen atoms in total. The molecule has 0 bridgehead atoms. The van der Waals surface area contributed by atoms with Gasteiger partial charge in [0.05, 0.1) is 39.3 Å². The third kappa shape index (κ3) is 10.7. The Hall–Kier alpha value is -7.04. The molecule has 5 atom stereocenters. The van der Waals surface area contributed by atoms with Crippen LogP contribution in [0.15, 0.2) is 96.2 Å². The first kappa shape index (κ1) is 56.1. The minimum Gasteiger partial charge on any atom is -0.483 e. The van der Waals surface area contributed by atoms with E-state index >= 15 is 0 Å². The summed E-state index contributed by atoms with van der Waals surface area (Å²) in [6.45, 7) is 17.3. The van der Waals surface area contributed by atoms with E-state index in [1.54, 1.807) is 6.07 Å². The lowest BCUT2D eigenvalue weighted by molar-refractivity contribution is -0.384. The van der Waals surface area contributed by atoms with E-state index in [1.165, 1.54) is 23.3 Å². The zero-order valence-electron chi connectivity index (χ0n) is 48.5. The van der Waals surface area contributed by atoms with Crippen molar-refractivity contribution in [1.29, 1.82) is 0 Å². The van der Waals surface area contributed by atoms with Crippen molar-refractivity contribution in [1.82, 2.24) is 29.5 Å². The molecule has 1 spiro atoms. The minimum atomic E-state index is -4.65. The average molecular weight is 1170 g/mol. The molecule has 21 heteroatoms. The van der Waals surface area contributed by atoms with Gasteiger partial charge in [0.15, 0.2) is 5.75 Å². The summed E-state index contributed by atoms with van der Waals surface area (Å²) in [6, 6.07) is 24.4. The van der Waals surface area contributed by atoms with Gasteiger partial charge in [0.25, 0.3) is 27.5 Å². The molecule has 2 unspecified atom stereocenters. The van der Waals surface area contributed by atoms with Gasteiger partial charge < -0.3 is 44.2 Å². The van der Waals surface area contributed by atoms with Crippen molar-refractivity contribution < 1.29 is 42.2 Å². The Morgan fingerprint density at radius 1 is 0.929 bits per heavy atom. The van der Waals surface area contributed by atoms with Crippen LogP contribution in [0.3, 0.4) is 0 Å². The number of piperazine rings is 1. The number of carbonyl (C=O) groups is 1. The van der Waals surface area contributed by atoms with Crippen molar-refractivity contribution in [2.45, 2.75) is 133 Å². The summed E-state index contributed by atoms with van der Waals surface area (Å²) in [7, 11) is -4.65. The van der Waals surface area contributed by atoms with Crippen LogP contribution >= 0.6 is 0 Å². The molecule has 2 saturated carbocycles. The van der Waals surface area contributed by atoms with E-state index in [4.69, 9.17) is 23.9 Å². The number of aromatic nitrogens is 3. The van der Waals surface area contributed by atoms with Crippen molar-refractivity contribution in [2.75, 3.05) is 74.2 Å². The predicted molar refractivity (Wildman–Crippen MR) is 319 cm³/mol. The second-order valence-corrected chi connectivity index (χ2v) is 27.3. The Morgan fingerprint density at radius 2 is 1.74 bits per heavy atom. The molecular formula is C63H76N10O10S. The summed E-state index contributed by atoms with van der Waals surface area (Å²) < 4.78 is 56.0. The van der Waals surface area contributed by atoms with Gasteiger partial charge in [-0.3, -0.25) is 24.7 Å². The Morgan fingerprint density at radius 3 is 2.52 bits per heavy atom. The van der Waals surface area contributed by atoms with E-state index < -0.39 is 48.7 Å². The number of hydrogen-bond acceptors (Lipinski definition) is 17. The largest absolute Gasteiger partial charge is 0.483 e. The molecule has 5 fully saturated rings. The molecule has 5 aliphatic heterocycles. The molecule has 6 aromatic rings. The van der Waals surface area contributed by atoms with E-state index in [2.05, 4.69) is 83.8 Å². The van der Waals surface area contributed by atoms with Crippen LogP contribution < -0.4 is 34.0 Å². The van der Waals surface area contributed by atoms with Crippen molar-refractivity contribution >= 4 is 55.4 Å². The van der Waals surface area contributed by atoms with Gasteiger partial charge in [0, 0.05) is 99.6 Å². The van der Waals surface area contributed by atoms with E-state index in [0.29, 0.717) is 86.4 Å². The van der Waals surface area contributed by atoms with Crippen LogP contribution in [0.1, 0.15) is 112 Å². The van der Waals surface area contributed by atoms with Crippen LogP contribution in [0.2, 0.25) is 0 Å². The van der Waals surface area contributed by atoms with Crippen LogP contribution in [0.25, 0.3) is 11.0 Å². The molecular weight excluding hydrogens is 1090 g/mol. The lowest BCUT2D eigenvalue weighted by Crippen LogP contribution is -2.64. The lowest BCUT2D eigenvalue weighted by atomic mass is 9.53. The number of aryl methyl sites for hydroxylation is 1. The number of H-pyrrole nitrogens is 1. The highest BCUT2D eigenvalue weighted by molar-refractivity contribution is 7.90. The van der Waals surface area contributed by atoms with Crippen LogP contribution in [0.4, 0.5) is 28.4 Å². The Bertz CT molecular complexity index is 3610. The summed E-state index contributed by atoms with van der Waals surface area (Å²) in [5, 5.41) is 26.9. The molecule has 3 aromatic heterocycles. The van der Waals surface area contributed by atoms with Crippen molar-refractivity contribution in [3.8, 4) is 17.5 Å². The average Bonchev–Trinajstić information content (AvgIpc) is 1.77. The number of nitrogens with one attached hydrogen (secondary N) is 3. The quantitative estimate of drug-likeness (QED) is 0.0623. The zero-order chi connectivity index (χ0) is 58.3. The van der Waals surface area contributed by atoms with E-state index in [-0.39, 0.29) is 34.7 Å². The number of nitrogens with zero attached hydrogens (tertiary/aromatic N) is 7. The summed E-state index contributed by atoms with van der Waals surface area (Å²) >= 11 is 0. The molecule has 1 amide bonds. The van der Waals surface area contributed by atoms with Gasteiger partial charge in [-0.25, -0.2) is 18.1 Å². The Kier molecular flexibility index (Phi) is 14.6. The number of piperidine rings is 1. The number of fused-ring (bicyclic) bond motifs is 4. The summed E-state index contributed by atoms with van der Waals surface area (Å²) in [4.78, 5) is 48.7. The molecule has 13 rings (SSSR count). The van der Waals surface area contributed by atoms with Gasteiger partial charge in [0.2, 0.25) is 5.88 Å². The molecule has 2 aliphatic carbocycles. The van der Waals surface area contributed by atoms with E-state index in [1.807, 2.05) is 57.4 Å². The monoisotopic (exact) mass is 1160 g/mol. The van der Waals surface area contributed by atoms with E-state index in [9.17, 15) is 28.4 Å². The molecule has 8 heterocycles. The number of anilines is 4. The molecule has 444 valence electrons. The van der Waals surface area contributed by atoms with Crippen molar-refractivity contribution in [2.24, 2.45) is 17.3 Å². The first-order valence-corrected chi connectivity index (χ1v) is 31.4. The normalized spacial score (nSPS) is 26.6. The number of rotatable bonds is 13. The summed E-state index contributed by atoms with van der Waals surface area (Å²) in [5.41, 5.74) is 5.26. The maximum absolute atomic E-state index is 14.9. The SMILES string of the molecule is Cc1ccccc1[C@@H]1CN(Cc2ccnc3c2OCC(C)(C)O3)CCN1C1CC2(CCN(c3ccc(C(=O)NS(=O)(=O)c4ccc(NCC5CCC(C)(O)CC5)c([N+](=O)[O-])c4)c(N4c5cc6cc[nH]c6nc5O[C@H]5COCC[C@@H]54)c3)CC2)C1C. The maximum Gasteiger partial charge on any atom is 0.293 e. The number of nitro benzene ring substituents is 1. The second kappa shape index (κ2) is 21.8. The van der Waals surface area contributed by atoms with Gasteiger partial charge >= 0.3 is 0 Å². The van der Waals surface area contributed by atoms with Crippen LogP contribution in [0.5, 0.6) is 17.5 Å². The fraction of sp³-hybridized carbons (Fsp3) is 0.508. The number of benzene rings is 3. The number of aromatic amines is 1. The van der Waals surface area contributed by atoms with Gasteiger partial charge in [-0.1, -0.05) is 31.2 Å². The highest BCUT2D eigenvalue weighted by Crippen LogP contribution is 2.57. The van der Waals surface area contributed by atoms with Crippen molar-refractivity contribution in [3.05, 3.63) is 124 Å². The third-order valence-corrected chi connectivity index (χ3v) is 20.9. The molecule has 84 heavy (non-hydrogen) atoms. The standard InChI is InChI=1S/C63H76N10O10S/c1-39-8-6-7-9-46(39)54-36-69(35-43-17-24-65-60-56(43)81-38-61(3,4)83-60)27-28-71(54)53-33-63(40(53)2)21-25-70(26-22-63)44-10-12-47(50(31-44)72-49-18-29-80-37-55(49)82-59-52(72)30-42-16-23-64-57(42)67-59)58(74)68-84(78,79)45-11-13-48(51(32-45)73(76)77)66-34-41-14-19-62(5,75)20-15-41/h6-13,16-17,23-24,30-32,40-41,49,53-55,66,75H,14-15,18-22,25-29,33-38H2,1-5H3,(H,64,67)(H,68,74)/t40?,41?,49-,53?,54-,55-,62?/m0/s1. The second-order valence-electron chi connectivity index (χ2n) is 25.6. The molecule has 4 N–H and O–H groups in total. The van der Waals surface area contributed by atoms with Gasteiger partial charge in [-0.15, -0.1) is 0 Å². The molecule has 3 aromatic carbocycles. The maximum atomic E-state index is 14.9. The Labute approximate surface area is 490 Å². The zero-order valence-corrected chi connectivity index (χ0v) is 49.3. The number of hydrogen-bond donors (Lipinski definition) is 4. The van der Waals surface area contributed by atoms with Crippen LogP contribution in [-0.4, -0.2) is 138 Å². The fourth-order valence-corrected chi connectivity index (χ4v) is 15.5. The highest BCUT2D eigenvalue weighted by Gasteiger charge is 2.56. The predicted octanol–water partition coefficient (Wildman–Crippen LogP) is 9.44.